The van der Waals surface area contributed by atoms with Gasteiger partial charge >= 0.3 is 0 Å². The van der Waals surface area contributed by atoms with Crippen LogP contribution in [0.25, 0.3) is 0 Å². The fourth-order valence-corrected chi connectivity index (χ4v) is 1.64. The third-order valence-electron chi connectivity index (χ3n) is 2.52. The summed E-state index contributed by atoms with van der Waals surface area (Å²) >= 11 is 0. The minimum atomic E-state index is 0.864. The lowest BCUT2D eigenvalue weighted by atomic mass is 10.2. The number of nitrogens with zero attached hydrogens (tertiary/aromatic N) is 1. The van der Waals surface area contributed by atoms with Crippen molar-refractivity contribution in [2.45, 2.75) is 38.6 Å². The van der Waals surface area contributed by atoms with Crippen molar-refractivity contribution in [3.8, 4) is 0 Å². The first-order valence-electron chi connectivity index (χ1n) is 5.75. The number of rotatable bonds is 8. The van der Waals surface area contributed by atoms with Gasteiger partial charge in [-0.25, -0.2) is 0 Å². The maximum atomic E-state index is 3.92. The van der Waals surface area contributed by atoms with E-state index in [4.69, 9.17) is 0 Å². The largest absolute Gasteiger partial charge is 0.314 e. The van der Waals surface area contributed by atoms with E-state index in [9.17, 15) is 0 Å². The molecule has 1 saturated carbocycles. The summed E-state index contributed by atoms with van der Waals surface area (Å²) in [6, 6.07) is 0.864. The predicted molar refractivity (Wildman–Crippen MR) is 62.6 cm³/mol. The standard InChI is InChI=1S/C12H24N2/c1-11(2)10-14(3)9-5-4-8-13-12-6-7-12/h12-13H,1,4-10H2,2-3H3. The van der Waals surface area contributed by atoms with Gasteiger partial charge in [-0.15, -0.1) is 0 Å². The summed E-state index contributed by atoms with van der Waals surface area (Å²) in [7, 11) is 2.17. The Morgan fingerprint density at radius 3 is 2.71 bits per heavy atom. The first-order chi connectivity index (χ1) is 6.68. The molecule has 0 aromatic heterocycles. The van der Waals surface area contributed by atoms with Gasteiger partial charge in [0.1, 0.15) is 0 Å². The highest BCUT2D eigenvalue weighted by Crippen LogP contribution is 2.18. The van der Waals surface area contributed by atoms with Crippen LogP contribution in [0.3, 0.4) is 0 Å². The third-order valence-corrected chi connectivity index (χ3v) is 2.52. The lowest BCUT2D eigenvalue weighted by Crippen LogP contribution is -2.23. The Balaban J connectivity index is 1.83. The number of likely N-dealkylation sites (N-methyl/N-ethyl adjacent to an activating group) is 1. The van der Waals surface area contributed by atoms with E-state index in [1.54, 1.807) is 0 Å². The zero-order valence-electron chi connectivity index (χ0n) is 9.68. The van der Waals surface area contributed by atoms with Gasteiger partial charge in [0.2, 0.25) is 0 Å². The van der Waals surface area contributed by atoms with Gasteiger partial charge in [0.25, 0.3) is 0 Å². The second-order valence-electron chi connectivity index (χ2n) is 4.63. The Morgan fingerprint density at radius 1 is 1.43 bits per heavy atom. The summed E-state index contributed by atoms with van der Waals surface area (Å²) in [6.45, 7) is 9.44. The minimum Gasteiger partial charge on any atom is -0.314 e. The van der Waals surface area contributed by atoms with Crippen LogP contribution in [0.4, 0.5) is 0 Å². The van der Waals surface area contributed by atoms with Crippen molar-refractivity contribution in [1.29, 1.82) is 0 Å². The van der Waals surface area contributed by atoms with Crippen LogP contribution in [0.2, 0.25) is 0 Å². The molecule has 0 aromatic carbocycles. The molecule has 2 heteroatoms. The molecule has 0 aromatic rings. The number of hydrogen-bond acceptors (Lipinski definition) is 2. The van der Waals surface area contributed by atoms with E-state index >= 15 is 0 Å². The number of unbranched alkanes of at least 4 members (excludes halogenated alkanes) is 1. The van der Waals surface area contributed by atoms with Crippen LogP contribution in [0.5, 0.6) is 0 Å². The molecule has 14 heavy (non-hydrogen) atoms. The fraction of sp³-hybridized carbons (Fsp3) is 0.833. The molecule has 0 saturated heterocycles. The Kier molecular flexibility index (Phi) is 5.20. The summed E-state index contributed by atoms with van der Waals surface area (Å²) in [5, 5.41) is 3.54. The van der Waals surface area contributed by atoms with Crippen LogP contribution in [0, 0.1) is 0 Å². The van der Waals surface area contributed by atoms with E-state index in [1.807, 2.05) is 0 Å². The molecule has 2 nitrogen and oxygen atoms in total. The van der Waals surface area contributed by atoms with Crippen molar-refractivity contribution in [2.75, 3.05) is 26.7 Å². The molecule has 0 bridgehead atoms. The molecule has 0 radical (unpaired) electrons. The van der Waals surface area contributed by atoms with Crippen LogP contribution >= 0.6 is 0 Å². The van der Waals surface area contributed by atoms with E-state index in [0.717, 1.165) is 12.6 Å². The van der Waals surface area contributed by atoms with E-state index in [0.29, 0.717) is 0 Å². The van der Waals surface area contributed by atoms with Gasteiger partial charge in [0, 0.05) is 12.6 Å². The molecule has 1 aliphatic rings. The molecular formula is C12H24N2. The topological polar surface area (TPSA) is 15.3 Å². The quantitative estimate of drug-likeness (QED) is 0.472. The Morgan fingerprint density at radius 2 is 2.14 bits per heavy atom. The summed E-state index contributed by atoms with van der Waals surface area (Å²) in [5.41, 5.74) is 1.25. The SMILES string of the molecule is C=C(C)CN(C)CCCCNC1CC1. The number of hydrogen-bond donors (Lipinski definition) is 1. The van der Waals surface area contributed by atoms with Crippen molar-refractivity contribution in [2.24, 2.45) is 0 Å². The molecule has 1 N–H and O–H groups in total. The normalized spacial score (nSPS) is 16.2. The van der Waals surface area contributed by atoms with Crippen LogP contribution in [-0.2, 0) is 0 Å². The Labute approximate surface area is 88.4 Å². The lowest BCUT2D eigenvalue weighted by Gasteiger charge is -2.16. The van der Waals surface area contributed by atoms with Gasteiger partial charge in [-0.1, -0.05) is 12.2 Å². The summed E-state index contributed by atoms with van der Waals surface area (Å²) in [4.78, 5) is 2.35. The number of nitrogens with one attached hydrogen (secondary N) is 1. The monoisotopic (exact) mass is 196 g/mol. The fourth-order valence-electron chi connectivity index (χ4n) is 1.64. The van der Waals surface area contributed by atoms with Crippen LogP contribution in [0.15, 0.2) is 12.2 Å². The second kappa shape index (κ2) is 6.20. The highest BCUT2D eigenvalue weighted by Gasteiger charge is 2.19. The molecule has 0 unspecified atom stereocenters. The lowest BCUT2D eigenvalue weighted by molar-refractivity contribution is 0.351. The van der Waals surface area contributed by atoms with Gasteiger partial charge in [-0.05, 0) is 52.7 Å². The molecular weight excluding hydrogens is 172 g/mol. The molecule has 0 atom stereocenters. The van der Waals surface area contributed by atoms with Crippen molar-refractivity contribution in [3.63, 3.8) is 0 Å². The first kappa shape index (κ1) is 11.7. The van der Waals surface area contributed by atoms with E-state index in [2.05, 4.69) is 30.8 Å². The van der Waals surface area contributed by atoms with Gasteiger partial charge < -0.3 is 10.2 Å². The molecule has 0 amide bonds. The van der Waals surface area contributed by atoms with Crippen molar-refractivity contribution in [1.82, 2.24) is 10.2 Å². The van der Waals surface area contributed by atoms with Crippen molar-refractivity contribution in [3.05, 3.63) is 12.2 Å². The van der Waals surface area contributed by atoms with Gasteiger partial charge in [-0.3, -0.25) is 0 Å². The highest BCUT2D eigenvalue weighted by molar-refractivity contribution is 4.90. The Bertz CT molecular complexity index is 173. The smallest absolute Gasteiger partial charge is 0.0184 e. The average molecular weight is 196 g/mol. The maximum absolute atomic E-state index is 3.92. The highest BCUT2D eigenvalue weighted by atomic mass is 15.1. The summed E-state index contributed by atoms with van der Waals surface area (Å²) < 4.78 is 0. The molecule has 0 aliphatic heterocycles. The van der Waals surface area contributed by atoms with Crippen molar-refractivity contribution >= 4 is 0 Å². The molecule has 1 aliphatic carbocycles. The zero-order chi connectivity index (χ0) is 10.4. The molecule has 1 rings (SSSR count). The second-order valence-corrected chi connectivity index (χ2v) is 4.63. The molecule has 0 heterocycles. The molecule has 82 valence electrons. The molecule has 0 spiro atoms. The molecule has 1 fully saturated rings. The van der Waals surface area contributed by atoms with E-state index in [1.165, 1.54) is 44.3 Å². The predicted octanol–water partition coefficient (Wildman–Crippen LogP) is 2.03. The van der Waals surface area contributed by atoms with Crippen molar-refractivity contribution < 1.29 is 0 Å². The van der Waals surface area contributed by atoms with E-state index < -0.39 is 0 Å². The Hall–Kier alpha value is -0.340. The van der Waals surface area contributed by atoms with Crippen LogP contribution in [0.1, 0.15) is 32.6 Å². The third kappa shape index (κ3) is 6.17. The van der Waals surface area contributed by atoms with Gasteiger partial charge in [-0.2, -0.15) is 0 Å². The van der Waals surface area contributed by atoms with E-state index in [-0.39, 0.29) is 0 Å². The van der Waals surface area contributed by atoms with Gasteiger partial charge in [0.15, 0.2) is 0 Å². The zero-order valence-corrected chi connectivity index (χ0v) is 9.68. The summed E-state index contributed by atoms with van der Waals surface area (Å²) in [5.74, 6) is 0. The van der Waals surface area contributed by atoms with Crippen LogP contribution in [-0.4, -0.2) is 37.6 Å². The van der Waals surface area contributed by atoms with Gasteiger partial charge in [0.05, 0.1) is 0 Å². The summed E-state index contributed by atoms with van der Waals surface area (Å²) in [6.07, 6.45) is 5.39. The van der Waals surface area contributed by atoms with Crippen LogP contribution < -0.4 is 5.32 Å². The average Bonchev–Trinajstić information content (AvgIpc) is 2.86. The minimum absolute atomic E-state index is 0.864. The first-order valence-corrected chi connectivity index (χ1v) is 5.75. The maximum Gasteiger partial charge on any atom is 0.0184 e.